The van der Waals surface area contributed by atoms with Crippen molar-refractivity contribution in [2.24, 2.45) is 0 Å². The summed E-state index contributed by atoms with van der Waals surface area (Å²) in [5, 5.41) is 5.77. The van der Waals surface area contributed by atoms with Crippen LogP contribution in [-0.2, 0) is 11.2 Å². The number of urea groups is 1. The molecule has 0 fully saturated rings. The lowest BCUT2D eigenvalue weighted by Gasteiger charge is -2.15. The van der Waals surface area contributed by atoms with Crippen LogP contribution in [0, 0.1) is 0 Å². The Labute approximate surface area is 149 Å². The molecule has 0 aliphatic carbocycles. The van der Waals surface area contributed by atoms with E-state index < -0.39 is 0 Å². The highest BCUT2D eigenvalue weighted by atomic mass is 16.5. The van der Waals surface area contributed by atoms with Gasteiger partial charge in [-0.25, -0.2) is 4.79 Å². The van der Waals surface area contributed by atoms with Gasteiger partial charge in [-0.2, -0.15) is 0 Å². The van der Waals surface area contributed by atoms with E-state index in [0.717, 1.165) is 17.7 Å². The number of aryl methyl sites for hydroxylation is 1. The molecule has 5 heteroatoms. The Morgan fingerprint density at radius 1 is 1.04 bits per heavy atom. The third-order valence-electron chi connectivity index (χ3n) is 3.90. The molecule has 134 valence electrons. The lowest BCUT2D eigenvalue weighted by molar-refractivity contribution is 0.146. The van der Waals surface area contributed by atoms with Gasteiger partial charge in [-0.15, -0.1) is 0 Å². The van der Waals surface area contributed by atoms with Crippen molar-refractivity contribution in [1.29, 1.82) is 0 Å². The highest BCUT2D eigenvalue weighted by molar-refractivity contribution is 5.89. The van der Waals surface area contributed by atoms with Crippen LogP contribution in [0.4, 0.5) is 10.5 Å². The van der Waals surface area contributed by atoms with Crippen molar-refractivity contribution in [3.63, 3.8) is 0 Å². The van der Waals surface area contributed by atoms with E-state index in [-0.39, 0.29) is 12.1 Å². The molecule has 1 unspecified atom stereocenters. The lowest BCUT2D eigenvalue weighted by atomic mass is 10.1. The molecule has 0 aromatic heterocycles. The Morgan fingerprint density at radius 2 is 1.72 bits per heavy atom. The number of rotatable bonds is 8. The second kappa shape index (κ2) is 9.69. The first kappa shape index (κ1) is 18.8. The van der Waals surface area contributed by atoms with Gasteiger partial charge in [-0.1, -0.05) is 31.2 Å². The number of hydrogen-bond acceptors (Lipinski definition) is 3. The van der Waals surface area contributed by atoms with Crippen LogP contribution in [-0.4, -0.2) is 26.4 Å². The van der Waals surface area contributed by atoms with Crippen LogP contribution in [0.2, 0.25) is 0 Å². The van der Waals surface area contributed by atoms with E-state index >= 15 is 0 Å². The van der Waals surface area contributed by atoms with Crippen molar-refractivity contribution < 1.29 is 14.3 Å². The molecule has 2 N–H and O–H groups in total. The fraction of sp³-hybridized carbons (Fsp3) is 0.350. The third kappa shape index (κ3) is 6.12. The van der Waals surface area contributed by atoms with Crippen molar-refractivity contribution in [3.8, 4) is 5.75 Å². The summed E-state index contributed by atoms with van der Waals surface area (Å²) in [7, 11) is 1.63. The van der Waals surface area contributed by atoms with E-state index in [1.54, 1.807) is 7.11 Å². The highest BCUT2D eigenvalue weighted by Crippen LogP contribution is 2.17. The standard InChI is InChI=1S/C20H26N2O3/c1-4-16-5-7-17(8-6-16)15(2)21-20(23)22-18-9-11-19(12-10-18)25-14-13-24-3/h5-12,15H,4,13-14H2,1-3H3,(H2,21,22,23). The van der Waals surface area contributed by atoms with E-state index in [1.165, 1.54) is 5.56 Å². The number of anilines is 1. The molecule has 2 rings (SSSR count). The molecule has 25 heavy (non-hydrogen) atoms. The molecule has 0 aliphatic rings. The number of hydrogen-bond donors (Lipinski definition) is 2. The van der Waals surface area contributed by atoms with Crippen molar-refractivity contribution in [3.05, 3.63) is 59.7 Å². The van der Waals surface area contributed by atoms with E-state index in [9.17, 15) is 4.79 Å². The van der Waals surface area contributed by atoms with Gasteiger partial charge in [0.2, 0.25) is 0 Å². The van der Waals surface area contributed by atoms with Crippen LogP contribution in [0.1, 0.15) is 31.0 Å². The fourth-order valence-corrected chi connectivity index (χ4v) is 2.37. The third-order valence-corrected chi connectivity index (χ3v) is 3.90. The summed E-state index contributed by atoms with van der Waals surface area (Å²) in [6, 6.07) is 15.2. The van der Waals surface area contributed by atoms with E-state index in [1.807, 2.05) is 31.2 Å². The summed E-state index contributed by atoms with van der Waals surface area (Å²) >= 11 is 0. The second-order valence-electron chi connectivity index (χ2n) is 5.78. The lowest BCUT2D eigenvalue weighted by Crippen LogP contribution is -2.31. The topological polar surface area (TPSA) is 59.6 Å². The molecule has 2 amide bonds. The van der Waals surface area contributed by atoms with Crippen molar-refractivity contribution >= 4 is 11.7 Å². The molecule has 0 aliphatic heterocycles. The molecule has 5 nitrogen and oxygen atoms in total. The van der Waals surface area contributed by atoms with Crippen molar-refractivity contribution in [1.82, 2.24) is 5.32 Å². The molecule has 2 aromatic carbocycles. The van der Waals surface area contributed by atoms with Gasteiger partial charge in [0.1, 0.15) is 12.4 Å². The minimum atomic E-state index is -0.236. The first-order chi connectivity index (χ1) is 12.1. The van der Waals surface area contributed by atoms with Gasteiger partial charge >= 0.3 is 6.03 Å². The number of nitrogens with one attached hydrogen (secondary N) is 2. The zero-order valence-electron chi connectivity index (χ0n) is 15.0. The minimum absolute atomic E-state index is 0.0671. The Balaban J connectivity index is 1.84. The van der Waals surface area contributed by atoms with Gasteiger partial charge in [-0.05, 0) is 48.7 Å². The van der Waals surface area contributed by atoms with Gasteiger partial charge in [0.25, 0.3) is 0 Å². The maximum absolute atomic E-state index is 12.1. The number of carbonyl (C=O) groups excluding carboxylic acids is 1. The highest BCUT2D eigenvalue weighted by Gasteiger charge is 2.09. The quantitative estimate of drug-likeness (QED) is 0.708. The predicted molar refractivity (Wildman–Crippen MR) is 100 cm³/mol. The largest absolute Gasteiger partial charge is 0.491 e. The molecule has 1 atom stereocenters. The van der Waals surface area contributed by atoms with Crippen LogP contribution in [0.5, 0.6) is 5.75 Å². The molecular formula is C20H26N2O3. The predicted octanol–water partition coefficient (Wildman–Crippen LogP) is 4.16. The zero-order chi connectivity index (χ0) is 18.1. The molecule has 0 radical (unpaired) electrons. The molecule has 2 aromatic rings. The average molecular weight is 342 g/mol. The molecule has 0 saturated heterocycles. The maximum Gasteiger partial charge on any atom is 0.319 e. The smallest absolute Gasteiger partial charge is 0.319 e. The first-order valence-corrected chi connectivity index (χ1v) is 8.50. The number of benzene rings is 2. The summed E-state index contributed by atoms with van der Waals surface area (Å²) in [5.41, 5.74) is 3.08. The van der Waals surface area contributed by atoms with E-state index in [0.29, 0.717) is 18.9 Å². The summed E-state index contributed by atoms with van der Waals surface area (Å²) in [6.07, 6.45) is 1.01. The number of amides is 2. The Morgan fingerprint density at radius 3 is 2.32 bits per heavy atom. The van der Waals surface area contributed by atoms with Crippen LogP contribution >= 0.6 is 0 Å². The first-order valence-electron chi connectivity index (χ1n) is 8.50. The van der Waals surface area contributed by atoms with Crippen molar-refractivity contribution in [2.45, 2.75) is 26.3 Å². The monoisotopic (exact) mass is 342 g/mol. The van der Waals surface area contributed by atoms with Gasteiger partial charge in [-0.3, -0.25) is 0 Å². The van der Waals surface area contributed by atoms with Crippen LogP contribution < -0.4 is 15.4 Å². The number of methoxy groups -OCH3 is 1. The van der Waals surface area contributed by atoms with Gasteiger partial charge in [0, 0.05) is 12.8 Å². The summed E-state index contributed by atoms with van der Waals surface area (Å²) in [5.74, 6) is 0.743. The van der Waals surface area contributed by atoms with Crippen LogP contribution in [0.25, 0.3) is 0 Å². The summed E-state index contributed by atoms with van der Waals surface area (Å²) in [4.78, 5) is 12.1. The molecule has 0 saturated carbocycles. The summed E-state index contributed by atoms with van der Waals surface area (Å²) < 4.78 is 10.4. The normalized spacial score (nSPS) is 11.6. The van der Waals surface area contributed by atoms with E-state index in [2.05, 4.69) is 41.8 Å². The van der Waals surface area contributed by atoms with Crippen molar-refractivity contribution in [2.75, 3.05) is 25.6 Å². The maximum atomic E-state index is 12.1. The van der Waals surface area contributed by atoms with Crippen LogP contribution in [0.15, 0.2) is 48.5 Å². The van der Waals surface area contributed by atoms with E-state index in [4.69, 9.17) is 9.47 Å². The fourth-order valence-electron chi connectivity index (χ4n) is 2.37. The Hall–Kier alpha value is -2.53. The SMILES string of the molecule is CCc1ccc(C(C)NC(=O)Nc2ccc(OCCOC)cc2)cc1. The van der Waals surface area contributed by atoms with Gasteiger partial charge in [0.15, 0.2) is 0 Å². The second-order valence-corrected chi connectivity index (χ2v) is 5.78. The average Bonchev–Trinajstić information content (AvgIpc) is 2.63. The van der Waals surface area contributed by atoms with Gasteiger partial charge in [0.05, 0.1) is 12.6 Å². The molecule has 0 bridgehead atoms. The Kier molecular flexibility index (Phi) is 7.29. The molecular weight excluding hydrogens is 316 g/mol. The molecule has 0 spiro atoms. The minimum Gasteiger partial charge on any atom is -0.491 e. The summed E-state index contributed by atoms with van der Waals surface area (Å²) in [6.45, 7) is 5.13. The number of carbonyl (C=O) groups is 1. The zero-order valence-corrected chi connectivity index (χ0v) is 15.0. The van der Waals surface area contributed by atoms with Crippen LogP contribution in [0.3, 0.4) is 0 Å². The number of ether oxygens (including phenoxy) is 2. The Bertz CT molecular complexity index is 654. The van der Waals surface area contributed by atoms with Gasteiger partial charge < -0.3 is 20.1 Å². The molecule has 0 heterocycles.